The van der Waals surface area contributed by atoms with Gasteiger partial charge in [-0.15, -0.1) is 6.58 Å². The quantitative estimate of drug-likeness (QED) is 0.418. The molecule has 0 amide bonds. The topological polar surface area (TPSA) is 80.5 Å². The number of rotatable bonds is 8. The fourth-order valence-corrected chi connectivity index (χ4v) is 3.89. The third-order valence-electron chi connectivity index (χ3n) is 3.51. The Kier molecular flexibility index (Phi) is 5.83. The molecule has 0 atom stereocenters. The molecule has 126 valence electrons. The maximum absolute atomic E-state index is 12.8. The van der Waals surface area contributed by atoms with E-state index in [0.717, 1.165) is 5.56 Å². The number of benzene rings is 2. The molecule has 0 N–H and O–H groups in total. The van der Waals surface area contributed by atoms with Crippen molar-refractivity contribution < 1.29 is 13.3 Å². The van der Waals surface area contributed by atoms with Gasteiger partial charge in [-0.3, -0.25) is 10.1 Å². The van der Waals surface area contributed by atoms with Gasteiger partial charge in [-0.1, -0.05) is 48.5 Å². The van der Waals surface area contributed by atoms with Gasteiger partial charge in [0.2, 0.25) is 10.0 Å². The summed E-state index contributed by atoms with van der Waals surface area (Å²) >= 11 is 0. The third-order valence-corrected chi connectivity index (χ3v) is 5.42. The van der Waals surface area contributed by atoms with Crippen LogP contribution in [0.1, 0.15) is 5.56 Å². The van der Waals surface area contributed by atoms with Crippen molar-refractivity contribution in [1.82, 2.24) is 4.31 Å². The molecule has 2 aromatic carbocycles. The first-order valence-electron chi connectivity index (χ1n) is 7.35. The van der Waals surface area contributed by atoms with E-state index in [4.69, 9.17) is 0 Å². The van der Waals surface area contributed by atoms with Crippen LogP contribution < -0.4 is 0 Å². The lowest BCUT2D eigenvalue weighted by Gasteiger charge is -2.20. The van der Waals surface area contributed by atoms with Crippen molar-refractivity contribution in [2.45, 2.75) is 11.3 Å². The monoisotopic (exact) mass is 346 g/mol. The SMILES string of the molecule is C=CCN(CCc1ccccc1)S(=O)(=O)c1ccccc1[N+](=O)[O-]. The van der Waals surface area contributed by atoms with Gasteiger partial charge in [-0.05, 0) is 18.1 Å². The molecule has 7 heteroatoms. The normalized spacial score (nSPS) is 11.4. The Bertz CT molecular complexity index is 819. The second kappa shape index (κ2) is 7.85. The summed E-state index contributed by atoms with van der Waals surface area (Å²) in [6.07, 6.45) is 1.98. The molecule has 0 heterocycles. The fraction of sp³-hybridized carbons (Fsp3) is 0.176. The lowest BCUT2D eigenvalue weighted by Crippen LogP contribution is -2.33. The van der Waals surface area contributed by atoms with Crippen LogP contribution in [0.15, 0.2) is 72.1 Å². The molecule has 0 aliphatic heterocycles. The maximum atomic E-state index is 12.8. The number of para-hydroxylation sites is 1. The van der Waals surface area contributed by atoms with Crippen LogP contribution in [0.5, 0.6) is 0 Å². The highest BCUT2D eigenvalue weighted by Crippen LogP contribution is 2.26. The Morgan fingerprint density at radius 1 is 1.08 bits per heavy atom. The van der Waals surface area contributed by atoms with Gasteiger partial charge in [-0.25, -0.2) is 8.42 Å². The predicted octanol–water partition coefficient (Wildman–Crippen LogP) is 3.01. The van der Waals surface area contributed by atoms with Crippen molar-refractivity contribution >= 4 is 15.7 Å². The average molecular weight is 346 g/mol. The number of nitro benzene ring substituents is 1. The van der Waals surface area contributed by atoms with Crippen molar-refractivity contribution in [1.29, 1.82) is 0 Å². The minimum absolute atomic E-state index is 0.0845. The molecule has 0 spiro atoms. The molecule has 0 aliphatic carbocycles. The van der Waals surface area contributed by atoms with Crippen molar-refractivity contribution in [3.8, 4) is 0 Å². The molecular weight excluding hydrogens is 328 g/mol. The highest BCUT2D eigenvalue weighted by atomic mass is 32.2. The first-order chi connectivity index (χ1) is 11.5. The van der Waals surface area contributed by atoms with Gasteiger partial charge in [0.1, 0.15) is 0 Å². The summed E-state index contributed by atoms with van der Waals surface area (Å²) in [4.78, 5) is 10.1. The van der Waals surface area contributed by atoms with Gasteiger partial charge in [0.05, 0.1) is 4.92 Å². The lowest BCUT2D eigenvalue weighted by atomic mass is 10.1. The molecule has 0 bridgehead atoms. The highest BCUT2D eigenvalue weighted by Gasteiger charge is 2.30. The molecule has 0 unspecified atom stereocenters. The average Bonchev–Trinajstić information content (AvgIpc) is 2.59. The van der Waals surface area contributed by atoms with Crippen LogP contribution in [0.2, 0.25) is 0 Å². The van der Waals surface area contributed by atoms with Gasteiger partial charge in [0.25, 0.3) is 5.69 Å². The molecule has 0 saturated heterocycles. The highest BCUT2D eigenvalue weighted by molar-refractivity contribution is 7.89. The van der Waals surface area contributed by atoms with Crippen LogP contribution in [0.4, 0.5) is 5.69 Å². The molecule has 0 radical (unpaired) electrons. The number of nitrogens with zero attached hydrogens (tertiary/aromatic N) is 2. The van der Waals surface area contributed by atoms with Crippen molar-refractivity contribution in [2.75, 3.05) is 13.1 Å². The third kappa shape index (κ3) is 4.06. The molecule has 0 fully saturated rings. The van der Waals surface area contributed by atoms with E-state index in [0.29, 0.717) is 6.42 Å². The minimum Gasteiger partial charge on any atom is -0.258 e. The summed E-state index contributed by atoms with van der Waals surface area (Å²) in [5.41, 5.74) is 0.565. The first-order valence-corrected chi connectivity index (χ1v) is 8.79. The maximum Gasteiger partial charge on any atom is 0.289 e. The molecule has 24 heavy (non-hydrogen) atoms. The van der Waals surface area contributed by atoms with Crippen molar-refractivity contribution in [2.24, 2.45) is 0 Å². The summed E-state index contributed by atoms with van der Waals surface area (Å²) < 4.78 is 26.9. The molecule has 0 saturated carbocycles. The standard InChI is InChI=1S/C17H18N2O4S/c1-2-13-18(14-12-15-8-4-3-5-9-15)24(22,23)17-11-7-6-10-16(17)19(20)21/h2-11H,1,12-14H2. The molecule has 0 aliphatic rings. The van der Waals surface area contributed by atoms with E-state index in [1.807, 2.05) is 30.3 Å². The van der Waals surface area contributed by atoms with Gasteiger partial charge < -0.3 is 0 Å². The largest absolute Gasteiger partial charge is 0.289 e. The fourth-order valence-electron chi connectivity index (χ4n) is 2.32. The van der Waals surface area contributed by atoms with Crippen LogP contribution in [0, 0.1) is 10.1 Å². The minimum atomic E-state index is -3.99. The first kappa shape index (κ1) is 17.8. The van der Waals surface area contributed by atoms with Crippen LogP contribution in [-0.2, 0) is 16.4 Å². The molecule has 0 aromatic heterocycles. The van der Waals surface area contributed by atoms with Gasteiger partial charge >= 0.3 is 0 Å². The summed E-state index contributed by atoms with van der Waals surface area (Å²) in [7, 11) is -3.99. The zero-order valence-electron chi connectivity index (χ0n) is 13.0. The smallest absolute Gasteiger partial charge is 0.258 e. The van der Waals surface area contributed by atoms with Gasteiger partial charge in [-0.2, -0.15) is 4.31 Å². The number of sulfonamides is 1. The summed E-state index contributed by atoms with van der Waals surface area (Å²) in [6, 6.07) is 14.8. The van der Waals surface area contributed by atoms with Crippen molar-refractivity contribution in [3.63, 3.8) is 0 Å². The number of hydrogen-bond acceptors (Lipinski definition) is 4. The Morgan fingerprint density at radius 3 is 2.33 bits per heavy atom. The van der Waals surface area contributed by atoms with E-state index >= 15 is 0 Å². The van der Waals surface area contributed by atoms with E-state index in [1.165, 1.54) is 34.6 Å². The number of nitro groups is 1. The molecule has 6 nitrogen and oxygen atoms in total. The molecular formula is C17H18N2O4S. The van der Waals surface area contributed by atoms with Crippen LogP contribution in [-0.4, -0.2) is 30.7 Å². The number of hydrogen-bond donors (Lipinski definition) is 0. The van der Waals surface area contributed by atoms with E-state index < -0.39 is 20.6 Å². The zero-order valence-corrected chi connectivity index (χ0v) is 13.9. The Balaban J connectivity index is 2.32. The summed E-state index contributed by atoms with van der Waals surface area (Å²) in [5, 5.41) is 11.1. The van der Waals surface area contributed by atoms with Crippen LogP contribution in [0.25, 0.3) is 0 Å². The molecule has 2 aromatic rings. The second-order valence-electron chi connectivity index (χ2n) is 5.11. The lowest BCUT2D eigenvalue weighted by molar-refractivity contribution is -0.387. The Hall–Kier alpha value is -2.51. The van der Waals surface area contributed by atoms with E-state index in [2.05, 4.69) is 6.58 Å². The summed E-state index contributed by atoms with van der Waals surface area (Å²) in [5.74, 6) is 0. The van der Waals surface area contributed by atoms with E-state index in [1.54, 1.807) is 0 Å². The second-order valence-corrected chi connectivity index (χ2v) is 7.02. The predicted molar refractivity (Wildman–Crippen MR) is 92.2 cm³/mol. The molecule has 2 rings (SSSR count). The zero-order chi connectivity index (χ0) is 17.6. The van der Waals surface area contributed by atoms with Crippen molar-refractivity contribution in [3.05, 3.63) is 82.9 Å². The van der Waals surface area contributed by atoms with E-state index in [-0.39, 0.29) is 18.0 Å². The van der Waals surface area contributed by atoms with Crippen LogP contribution >= 0.6 is 0 Å². The Morgan fingerprint density at radius 2 is 1.71 bits per heavy atom. The van der Waals surface area contributed by atoms with E-state index in [9.17, 15) is 18.5 Å². The van der Waals surface area contributed by atoms with Gasteiger partial charge in [0, 0.05) is 19.2 Å². The Labute approximate surface area is 141 Å². The summed E-state index contributed by atoms with van der Waals surface area (Å²) in [6.45, 7) is 3.88. The van der Waals surface area contributed by atoms with Gasteiger partial charge in [0.15, 0.2) is 4.90 Å². The van der Waals surface area contributed by atoms with Crippen LogP contribution in [0.3, 0.4) is 0 Å².